The predicted molar refractivity (Wildman–Crippen MR) is 55.9 cm³/mol. The first-order valence-corrected chi connectivity index (χ1v) is 6.37. The third-order valence-corrected chi connectivity index (χ3v) is 4.66. The van der Waals surface area contributed by atoms with Crippen LogP contribution in [0, 0.1) is 0 Å². The molecule has 0 radical (unpaired) electrons. The van der Waals surface area contributed by atoms with Crippen molar-refractivity contribution in [1.29, 1.82) is 0 Å². The molecule has 1 unspecified atom stereocenters. The van der Waals surface area contributed by atoms with Crippen LogP contribution in [0.4, 0.5) is 0 Å². The molecule has 0 saturated carbocycles. The summed E-state index contributed by atoms with van der Waals surface area (Å²) < 4.78 is 23.5. The third-order valence-electron chi connectivity index (χ3n) is 2.69. The Labute approximate surface area is 88.9 Å². The average molecular weight is 227 g/mol. The number of fused-ring (bicyclic) bond motifs is 1. The molecular formula is C10H13NO3S. The Morgan fingerprint density at radius 3 is 2.93 bits per heavy atom. The summed E-state index contributed by atoms with van der Waals surface area (Å²) in [4.78, 5) is 5.01. The highest BCUT2D eigenvalue weighted by atomic mass is 32.2. The largest absolute Gasteiger partial charge is 0.300 e. The van der Waals surface area contributed by atoms with Gasteiger partial charge in [-0.15, -0.1) is 0 Å². The van der Waals surface area contributed by atoms with Gasteiger partial charge in [-0.3, -0.25) is 4.84 Å². The lowest BCUT2D eigenvalue weighted by Crippen LogP contribution is -2.03. The molecule has 0 aromatic heterocycles. The van der Waals surface area contributed by atoms with E-state index < -0.39 is 9.84 Å². The van der Waals surface area contributed by atoms with Crippen LogP contribution in [0.2, 0.25) is 0 Å². The zero-order valence-corrected chi connectivity index (χ0v) is 9.25. The lowest BCUT2D eigenvalue weighted by molar-refractivity contribution is 0.123. The Morgan fingerprint density at radius 1 is 1.53 bits per heavy atom. The Hall–Kier alpha value is -0.910. The molecule has 1 aliphatic heterocycles. The number of hydrogen-bond donors (Lipinski definition) is 1. The zero-order chi connectivity index (χ0) is 11.1. The minimum Gasteiger partial charge on any atom is -0.300 e. The first-order valence-electron chi connectivity index (χ1n) is 4.72. The Kier molecular flexibility index (Phi) is 2.54. The van der Waals surface area contributed by atoms with E-state index in [1.165, 1.54) is 0 Å². The summed E-state index contributed by atoms with van der Waals surface area (Å²) >= 11 is 0. The van der Waals surface area contributed by atoms with Crippen LogP contribution in [0.15, 0.2) is 23.1 Å². The van der Waals surface area contributed by atoms with Crippen molar-refractivity contribution >= 4 is 9.84 Å². The van der Waals surface area contributed by atoms with Gasteiger partial charge in [0, 0.05) is 0 Å². The maximum absolute atomic E-state index is 11.7. The molecule has 15 heavy (non-hydrogen) atoms. The molecule has 82 valence electrons. The van der Waals surface area contributed by atoms with E-state index in [0.717, 1.165) is 11.1 Å². The minimum atomic E-state index is -3.09. The van der Waals surface area contributed by atoms with Crippen LogP contribution in [0.1, 0.15) is 24.0 Å². The molecule has 4 nitrogen and oxygen atoms in total. The molecule has 0 saturated heterocycles. The van der Waals surface area contributed by atoms with Crippen molar-refractivity contribution in [3.8, 4) is 0 Å². The number of sulfone groups is 1. The van der Waals surface area contributed by atoms with Gasteiger partial charge in [-0.05, 0) is 23.1 Å². The van der Waals surface area contributed by atoms with E-state index in [-0.39, 0.29) is 18.3 Å². The summed E-state index contributed by atoms with van der Waals surface area (Å²) in [6.45, 7) is 2.16. The van der Waals surface area contributed by atoms with E-state index in [9.17, 15) is 8.42 Å². The molecule has 1 aromatic rings. The molecule has 0 amide bonds. The standard InChI is InChI=1S/C10H13NO3S/c1-7-6-15(12,13)9-4-2-3-8(5-14-11)10(7)9/h2-4,7H,5-6,11H2,1H3. The summed E-state index contributed by atoms with van der Waals surface area (Å²) in [5, 5.41) is 0. The van der Waals surface area contributed by atoms with Crippen molar-refractivity contribution in [2.75, 3.05) is 5.75 Å². The fourth-order valence-electron chi connectivity index (χ4n) is 2.14. The Morgan fingerprint density at radius 2 is 2.27 bits per heavy atom. The zero-order valence-electron chi connectivity index (χ0n) is 8.43. The fraction of sp³-hybridized carbons (Fsp3) is 0.400. The van der Waals surface area contributed by atoms with E-state index >= 15 is 0 Å². The van der Waals surface area contributed by atoms with Crippen LogP contribution in [0.5, 0.6) is 0 Å². The van der Waals surface area contributed by atoms with Gasteiger partial charge < -0.3 is 0 Å². The van der Waals surface area contributed by atoms with E-state index in [4.69, 9.17) is 5.90 Å². The summed E-state index contributed by atoms with van der Waals surface area (Å²) in [7, 11) is -3.09. The molecular weight excluding hydrogens is 214 g/mol. The van der Waals surface area contributed by atoms with Crippen molar-refractivity contribution in [1.82, 2.24) is 0 Å². The first-order chi connectivity index (χ1) is 7.06. The quantitative estimate of drug-likeness (QED) is 0.764. The third kappa shape index (κ3) is 1.67. The van der Waals surface area contributed by atoms with Gasteiger partial charge in [-0.2, -0.15) is 0 Å². The minimum absolute atomic E-state index is 0.0244. The predicted octanol–water partition coefficient (Wildman–Crippen LogP) is 0.968. The van der Waals surface area contributed by atoms with E-state index in [1.54, 1.807) is 12.1 Å². The molecule has 0 aliphatic carbocycles. The summed E-state index contributed by atoms with van der Waals surface area (Å²) in [5.41, 5.74) is 1.73. The molecule has 2 rings (SSSR count). The maximum atomic E-state index is 11.7. The molecule has 1 heterocycles. The van der Waals surface area contributed by atoms with E-state index in [2.05, 4.69) is 4.84 Å². The smallest absolute Gasteiger partial charge is 0.179 e. The first kappa shape index (κ1) is 10.6. The Bertz CT molecular complexity index is 481. The molecule has 2 N–H and O–H groups in total. The van der Waals surface area contributed by atoms with Gasteiger partial charge in [0.15, 0.2) is 9.84 Å². The number of hydrogen-bond acceptors (Lipinski definition) is 4. The Balaban J connectivity index is 2.62. The van der Waals surface area contributed by atoms with Crippen LogP contribution >= 0.6 is 0 Å². The maximum Gasteiger partial charge on any atom is 0.179 e. The highest BCUT2D eigenvalue weighted by Crippen LogP contribution is 2.36. The molecule has 5 heteroatoms. The van der Waals surface area contributed by atoms with Gasteiger partial charge in [-0.1, -0.05) is 19.1 Å². The van der Waals surface area contributed by atoms with Crippen LogP contribution in [0.3, 0.4) is 0 Å². The van der Waals surface area contributed by atoms with Gasteiger partial charge >= 0.3 is 0 Å². The second-order valence-electron chi connectivity index (χ2n) is 3.82. The van der Waals surface area contributed by atoms with Crippen molar-refractivity contribution in [2.24, 2.45) is 5.90 Å². The molecule has 0 bridgehead atoms. The topological polar surface area (TPSA) is 69.4 Å². The van der Waals surface area contributed by atoms with Crippen LogP contribution in [-0.4, -0.2) is 14.2 Å². The molecule has 1 atom stereocenters. The number of nitrogens with two attached hydrogens (primary N) is 1. The summed E-state index contributed by atoms with van der Waals surface area (Å²) in [6, 6.07) is 5.22. The highest BCUT2D eigenvalue weighted by Gasteiger charge is 2.33. The van der Waals surface area contributed by atoms with Crippen LogP contribution in [-0.2, 0) is 21.3 Å². The SMILES string of the molecule is CC1CS(=O)(=O)c2cccc(CON)c21. The molecule has 1 aromatic carbocycles. The van der Waals surface area contributed by atoms with Crippen LogP contribution < -0.4 is 5.90 Å². The molecule has 0 fully saturated rings. The number of rotatable bonds is 2. The lowest BCUT2D eigenvalue weighted by Gasteiger charge is -2.08. The molecule has 1 aliphatic rings. The van der Waals surface area contributed by atoms with Crippen molar-refractivity contribution in [3.63, 3.8) is 0 Å². The number of benzene rings is 1. The monoisotopic (exact) mass is 227 g/mol. The molecule has 0 spiro atoms. The van der Waals surface area contributed by atoms with E-state index in [0.29, 0.717) is 4.90 Å². The average Bonchev–Trinajstić information content (AvgIpc) is 2.39. The van der Waals surface area contributed by atoms with Crippen molar-refractivity contribution in [3.05, 3.63) is 29.3 Å². The fourth-order valence-corrected chi connectivity index (χ4v) is 4.10. The van der Waals surface area contributed by atoms with Gasteiger partial charge in [0.25, 0.3) is 0 Å². The normalized spacial score (nSPS) is 22.7. The highest BCUT2D eigenvalue weighted by molar-refractivity contribution is 7.91. The van der Waals surface area contributed by atoms with Gasteiger partial charge in [-0.25, -0.2) is 14.3 Å². The second kappa shape index (κ2) is 3.59. The van der Waals surface area contributed by atoms with Crippen molar-refractivity contribution in [2.45, 2.75) is 24.3 Å². The lowest BCUT2D eigenvalue weighted by atomic mass is 9.98. The second-order valence-corrected chi connectivity index (χ2v) is 5.83. The summed E-state index contributed by atoms with van der Waals surface area (Å²) in [5.74, 6) is 5.23. The summed E-state index contributed by atoms with van der Waals surface area (Å²) in [6.07, 6.45) is 0. The van der Waals surface area contributed by atoms with E-state index in [1.807, 2.05) is 13.0 Å². The van der Waals surface area contributed by atoms with Gasteiger partial charge in [0.2, 0.25) is 0 Å². The van der Waals surface area contributed by atoms with Gasteiger partial charge in [0.1, 0.15) is 0 Å². The van der Waals surface area contributed by atoms with Crippen LogP contribution in [0.25, 0.3) is 0 Å². The van der Waals surface area contributed by atoms with Gasteiger partial charge in [0.05, 0.1) is 17.3 Å². The van der Waals surface area contributed by atoms with Crippen molar-refractivity contribution < 1.29 is 13.3 Å².